The zero-order valence-electron chi connectivity index (χ0n) is 15.0. The van der Waals surface area contributed by atoms with E-state index in [1.807, 2.05) is 4.68 Å². The Morgan fingerprint density at radius 2 is 1.88 bits per heavy atom. The Hall–Kier alpha value is -2.15. The predicted molar refractivity (Wildman–Crippen MR) is 93.9 cm³/mol. The van der Waals surface area contributed by atoms with E-state index in [0.717, 1.165) is 29.9 Å². The summed E-state index contributed by atoms with van der Waals surface area (Å²) in [7, 11) is 0. The van der Waals surface area contributed by atoms with E-state index in [-0.39, 0.29) is 11.7 Å². The van der Waals surface area contributed by atoms with Gasteiger partial charge in [0.2, 0.25) is 5.91 Å². The van der Waals surface area contributed by atoms with Crippen LogP contribution in [0.4, 0.5) is 0 Å². The fraction of sp³-hybridized carbons (Fsp3) is 0.611. The topological polar surface area (TPSA) is 78.7 Å². The van der Waals surface area contributed by atoms with Crippen molar-refractivity contribution in [2.75, 3.05) is 32.8 Å². The van der Waals surface area contributed by atoms with Crippen LogP contribution < -0.4 is 0 Å². The van der Waals surface area contributed by atoms with E-state index in [0.29, 0.717) is 38.6 Å². The van der Waals surface area contributed by atoms with Crippen molar-refractivity contribution in [2.45, 2.75) is 39.2 Å². The highest BCUT2D eigenvalue weighted by Gasteiger charge is 2.31. The molecule has 7 heteroatoms. The van der Waals surface area contributed by atoms with E-state index < -0.39 is 6.61 Å². The number of aliphatic hydroxyl groups is 1. The van der Waals surface area contributed by atoms with Crippen LogP contribution in [0.15, 0.2) is 6.58 Å². The van der Waals surface area contributed by atoms with Gasteiger partial charge in [0, 0.05) is 37.4 Å². The van der Waals surface area contributed by atoms with Crippen molar-refractivity contribution in [3.8, 4) is 0 Å². The van der Waals surface area contributed by atoms with E-state index in [2.05, 4.69) is 18.4 Å². The van der Waals surface area contributed by atoms with Crippen molar-refractivity contribution < 1.29 is 14.7 Å². The second-order valence-electron chi connectivity index (χ2n) is 6.98. The highest BCUT2D eigenvalue weighted by atomic mass is 16.3. The van der Waals surface area contributed by atoms with Crippen LogP contribution in [-0.4, -0.2) is 69.2 Å². The molecule has 1 aromatic heterocycles. The lowest BCUT2D eigenvalue weighted by Crippen LogP contribution is -2.48. The van der Waals surface area contributed by atoms with Gasteiger partial charge in [-0.05, 0) is 25.7 Å². The summed E-state index contributed by atoms with van der Waals surface area (Å²) in [5.41, 5.74) is 4.14. The predicted octanol–water partition coefficient (Wildman–Crippen LogP) is 0.629. The number of rotatable bonds is 5. The third-order valence-electron chi connectivity index (χ3n) is 5.20. The van der Waals surface area contributed by atoms with Crippen molar-refractivity contribution in [2.24, 2.45) is 0 Å². The maximum absolute atomic E-state index is 11.6. The Morgan fingerprint density at radius 3 is 2.48 bits per heavy atom. The standard InChI is InChI=1S/C18H26N4O3/c1-12-4-5-15-17(12)18(19-22(15)10-13(2)24)14(3)20-6-8-21(9-7-20)16(25)11-23/h12,23H,3-11H2,1-2H3. The SMILES string of the molecule is C=C(c1nn(CC(C)=O)c2c1C(C)CC2)N1CCN(C(=O)CO)CC1. The maximum Gasteiger partial charge on any atom is 0.248 e. The van der Waals surface area contributed by atoms with Crippen LogP contribution in [0.5, 0.6) is 0 Å². The van der Waals surface area contributed by atoms with Crippen LogP contribution in [0.25, 0.3) is 5.70 Å². The number of amides is 1. The van der Waals surface area contributed by atoms with Crippen molar-refractivity contribution in [3.05, 3.63) is 23.5 Å². The van der Waals surface area contributed by atoms with E-state index in [1.54, 1.807) is 11.8 Å². The van der Waals surface area contributed by atoms with Gasteiger partial charge in [0.15, 0.2) is 5.78 Å². The Morgan fingerprint density at radius 1 is 1.24 bits per heavy atom. The summed E-state index contributed by atoms with van der Waals surface area (Å²) in [5, 5.41) is 13.7. The minimum Gasteiger partial charge on any atom is -0.387 e. The van der Waals surface area contributed by atoms with Crippen molar-refractivity contribution >= 4 is 17.4 Å². The molecule has 1 aliphatic carbocycles. The summed E-state index contributed by atoms with van der Waals surface area (Å²) in [6, 6.07) is 0. The summed E-state index contributed by atoms with van der Waals surface area (Å²) in [5.74, 6) is 0.281. The third-order valence-corrected chi connectivity index (χ3v) is 5.20. The summed E-state index contributed by atoms with van der Waals surface area (Å²) in [4.78, 5) is 27.0. The molecule has 136 valence electrons. The van der Waals surface area contributed by atoms with E-state index in [9.17, 15) is 9.59 Å². The number of hydrogen-bond donors (Lipinski definition) is 1. The number of aromatic nitrogens is 2. The lowest BCUT2D eigenvalue weighted by Gasteiger charge is -2.36. The molecule has 25 heavy (non-hydrogen) atoms. The second kappa shape index (κ2) is 7.00. The quantitative estimate of drug-likeness (QED) is 0.846. The summed E-state index contributed by atoms with van der Waals surface area (Å²) in [6.45, 7) is 10.4. The molecule has 2 heterocycles. The summed E-state index contributed by atoms with van der Waals surface area (Å²) < 4.78 is 1.84. The number of carbonyl (C=O) groups excluding carboxylic acids is 2. The van der Waals surface area contributed by atoms with Gasteiger partial charge in [0.1, 0.15) is 12.3 Å². The lowest BCUT2D eigenvalue weighted by atomic mass is 10.0. The molecular formula is C18H26N4O3. The molecule has 0 aromatic carbocycles. The van der Waals surface area contributed by atoms with Gasteiger partial charge in [-0.2, -0.15) is 5.10 Å². The third kappa shape index (κ3) is 3.33. The van der Waals surface area contributed by atoms with Crippen LogP contribution in [0.3, 0.4) is 0 Å². The molecule has 0 radical (unpaired) electrons. The summed E-state index contributed by atoms with van der Waals surface area (Å²) in [6.07, 6.45) is 2.02. The Balaban J connectivity index is 1.79. The van der Waals surface area contributed by atoms with Crippen molar-refractivity contribution in [3.63, 3.8) is 0 Å². The maximum atomic E-state index is 11.6. The van der Waals surface area contributed by atoms with Gasteiger partial charge in [-0.25, -0.2) is 0 Å². The van der Waals surface area contributed by atoms with Crippen molar-refractivity contribution in [1.82, 2.24) is 19.6 Å². The second-order valence-corrected chi connectivity index (χ2v) is 6.98. The molecule has 1 aliphatic heterocycles. The smallest absolute Gasteiger partial charge is 0.248 e. The lowest BCUT2D eigenvalue weighted by molar-refractivity contribution is -0.135. The first-order valence-electron chi connectivity index (χ1n) is 8.84. The molecule has 3 rings (SSSR count). The van der Waals surface area contributed by atoms with Gasteiger partial charge >= 0.3 is 0 Å². The van der Waals surface area contributed by atoms with Crippen LogP contribution in [0.1, 0.15) is 43.1 Å². The number of nitrogens with zero attached hydrogens (tertiary/aromatic N) is 4. The van der Waals surface area contributed by atoms with Crippen LogP contribution in [0.2, 0.25) is 0 Å². The van der Waals surface area contributed by atoms with Crippen LogP contribution in [0, 0.1) is 0 Å². The van der Waals surface area contributed by atoms with Crippen molar-refractivity contribution in [1.29, 1.82) is 0 Å². The van der Waals surface area contributed by atoms with Crippen LogP contribution >= 0.6 is 0 Å². The van der Waals surface area contributed by atoms with Gasteiger partial charge in [-0.1, -0.05) is 13.5 Å². The zero-order chi connectivity index (χ0) is 18.1. The molecule has 1 atom stereocenters. The average Bonchev–Trinajstić information content (AvgIpc) is 3.15. The molecule has 1 N–H and O–H groups in total. The van der Waals surface area contributed by atoms with E-state index in [4.69, 9.17) is 10.2 Å². The van der Waals surface area contributed by atoms with Gasteiger partial charge in [0.25, 0.3) is 0 Å². The molecule has 1 aromatic rings. The number of aliphatic hydroxyl groups excluding tert-OH is 1. The number of hydrogen-bond acceptors (Lipinski definition) is 5. The van der Waals surface area contributed by atoms with E-state index >= 15 is 0 Å². The molecular weight excluding hydrogens is 320 g/mol. The molecule has 0 spiro atoms. The van der Waals surface area contributed by atoms with Gasteiger partial charge in [-0.3, -0.25) is 14.3 Å². The molecule has 2 aliphatic rings. The Bertz CT molecular complexity index is 701. The number of carbonyl (C=O) groups is 2. The number of ketones is 1. The number of fused-ring (bicyclic) bond motifs is 1. The average molecular weight is 346 g/mol. The first-order valence-corrected chi connectivity index (χ1v) is 8.84. The molecule has 7 nitrogen and oxygen atoms in total. The number of piperazine rings is 1. The zero-order valence-corrected chi connectivity index (χ0v) is 15.0. The Labute approximate surface area is 147 Å². The highest BCUT2D eigenvalue weighted by molar-refractivity contribution is 5.77. The monoisotopic (exact) mass is 346 g/mol. The first-order chi connectivity index (χ1) is 11.9. The molecule has 0 bridgehead atoms. The number of Topliss-reactive ketones (excluding diaryl/α,β-unsaturated/α-hetero) is 1. The highest BCUT2D eigenvalue weighted by Crippen LogP contribution is 2.38. The normalized spacial score (nSPS) is 19.9. The molecule has 0 saturated carbocycles. The van der Waals surface area contributed by atoms with Gasteiger partial charge < -0.3 is 14.9 Å². The fourth-order valence-electron chi connectivity index (χ4n) is 3.82. The largest absolute Gasteiger partial charge is 0.387 e. The first kappa shape index (κ1) is 17.7. The van der Waals surface area contributed by atoms with E-state index in [1.165, 1.54) is 5.56 Å². The fourth-order valence-corrected chi connectivity index (χ4v) is 3.82. The molecule has 1 fully saturated rings. The van der Waals surface area contributed by atoms with Gasteiger partial charge in [0.05, 0.1) is 12.2 Å². The molecule has 1 unspecified atom stereocenters. The van der Waals surface area contributed by atoms with Gasteiger partial charge in [-0.15, -0.1) is 0 Å². The van der Waals surface area contributed by atoms with Crippen LogP contribution in [-0.2, 0) is 22.6 Å². The molecule has 1 saturated heterocycles. The Kier molecular flexibility index (Phi) is 4.94. The summed E-state index contributed by atoms with van der Waals surface area (Å²) >= 11 is 0. The molecule has 1 amide bonds. The minimum atomic E-state index is -0.443. The minimum absolute atomic E-state index is 0.0955.